The molecule has 0 aromatic heterocycles. The zero-order chi connectivity index (χ0) is 31.9. The molecule has 240 valence electrons. The SMILES string of the molecule is CC1(N)CCC1.CC1(N)CCCC1.NC1(C(=O)O)CC([18F])C1.NC1(C(=O)O)CC([18F])C1.NC1(C(=O)O)CCCC1[18F]. The van der Waals surface area contributed by atoms with Crippen molar-refractivity contribution < 1.29 is 42.9 Å². The number of hydrogen-bond acceptors (Lipinski definition) is 8. The van der Waals surface area contributed by atoms with Crippen LogP contribution in [0.15, 0.2) is 0 Å². The summed E-state index contributed by atoms with van der Waals surface area (Å²) >= 11 is 0. The lowest BCUT2D eigenvalue weighted by Gasteiger charge is -2.36. The summed E-state index contributed by atoms with van der Waals surface area (Å²) in [6.07, 6.45) is 6.50. The number of carbonyl (C=O) groups is 3. The lowest BCUT2D eigenvalue weighted by Crippen LogP contribution is -2.58. The van der Waals surface area contributed by atoms with Crippen LogP contribution in [0.2, 0.25) is 0 Å². The molecule has 0 aliphatic heterocycles. The quantitative estimate of drug-likeness (QED) is 0.235. The summed E-state index contributed by atoms with van der Waals surface area (Å²) in [5, 5.41) is 25.1. The van der Waals surface area contributed by atoms with Gasteiger partial charge in [0, 0.05) is 36.8 Å². The number of aliphatic carboxylic acids is 3. The van der Waals surface area contributed by atoms with E-state index < -0.39 is 53.0 Å². The highest BCUT2D eigenvalue weighted by Gasteiger charge is 2.48. The van der Waals surface area contributed by atoms with Crippen molar-refractivity contribution in [1.82, 2.24) is 0 Å². The molecule has 5 aliphatic carbocycles. The van der Waals surface area contributed by atoms with Gasteiger partial charge >= 0.3 is 17.9 Å². The number of nitrogens with two attached hydrogens (primary N) is 5. The smallest absolute Gasteiger partial charge is 0.326 e. The Morgan fingerprint density at radius 1 is 0.585 bits per heavy atom. The minimum absolute atomic E-state index is 0.0394. The third-order valence-corrected chi connectivity index (χ3v) is 8.44. The van der Waals surface area contributed by atoms with Crippen LogP contribution >= 0.6 is 0 Å². The Kier molecular flexibility index (Phi) is 13.0. The Morgan fingerprint density at radius 2 is 0.927 bits per heavy atom. The zero-order valence-corrected chi connectivity index (χ0v) is 24.2. The first-order valence-electron chi connectivity index (χ1n) is 14.1. The van der Waals surface area contributed by atoms with Gasteiger partial charge in [0.2, 0.25) is 0 Å². The average molecular weight is 595 g/mol. The molecule has 5 fully saturated rings. The van der Waals surface area contributed by atoms with Gasteiger partial charge < -0.3 is 44.0 Å². The second kappa shape index (κ2) is 14.5. The van der Waals surface area contributed by atoms with E-state index in [1.165, 1.54) is 44.9 Å². The fraction of sp³-hybridized carbons (Fsp3) is 0.889. The number of halogens is 3. The molecular formula is C27H50F3N5O6. The second-order valence-corrected chi connectivity index (χ2v) is 13.0. The van der Waals surface area contributed by atoms with Crippen molar-refractivity contribution >= 4 is 17.9 Å². The molecule has 0 spiro atoms. The molecule has 5 rings (SSSR count). The molecule has 0 heterocycles. The van der Waals surface area contributed by atoms with Crippen LogP contribution in [-0.4, -0.2) is 79.4 Å². The van der Waals surface area contributed by atoms with Crippen molar-refractivity contribution in [1.29, 1.82) is 0 Å². The second-order valence-electron chi connectivity index (χ2n) is 13.0. The van der Waals surface area contributed by atoms with E-state index in [4.69, 9.17) is 44.0 Å². The molecule has 0 bridgehead atoms. The van der Waals surface area contributed by atoms with Gasteiger partial charge in [0.1, 0.15) is 35.1 Å². The summed E-state index contributed by atoms with van der Waals surface area (Å²) in [6.45, 7) is 4.25. The van der Waals surface area contributed by atoms with E-state index >= 15 is 0 Å². The molecule has 5 aliphatic rings. The molecule has 5 saturated carbocycles. The molecular weight excluding hydrogens is 544 g/mol. The van der Waals surface area contributed by atoms with Crippen molar-refractivity contribution in [2.24, 2.45) is 28.7 Å². The van der Waals surface area contributed by atoms with Crippen LogP contribution in [-0.2, 0) is 14.4 Å². The molecule has 14 heteroatoms. The summed E-state index contributed by atoms with van der Waals surface area (Å²) in [7, 11) is 0. The highest BCUT2D eigenvalue weighted by atomic mass is 18.2. The van der Waals surface area contributed by atoms with Crippen LogP contribution in [0.25, 0.3) is 0 Å². The van der Waals surface area contributed by atoms with Gasteiger partial charge in [-0.2, -0.15) is 0 Å². The average Bonchev–Trinajstić information content (AvgIpc) is 3.37. The van der Waals surface area contributed by atoms with E-state index in [1.54, 1.807) is 0 Å². The van der Waals surface area contributed by atoms with Crippen LogP contribution in [0.5, 0.6) is 0 Å². The van der Waals surface area contributed by atoms with Crippen LogP contribution in [0.3, 0.4) is 0 Å². The maximum Gasteiger partial charge on any atom is 0.326 e. The van der Waals surface area contributed by atoms with Gasteiger partial charge in [0.15, 0.2) is 0 Å². The normalized spacial score (nSPS) is 37.2. The number of hydrogen-bond donors (Lipinski definition) is 8. The third kappa shape index (κ3) is 11.3. The number of carboxylic acids is 3. The summed E-state index contributed by atoms with van der Waals surface area (Å²) < 4.78 is 36.8. The molecule has 0 aromatic carbocycles. The Labute approximate surface area is 239 Å². The number of carboxylic acid groups (broad SMARTS) is 3. The lowest BCUT2D eigenvalue weighted by atomic mass is 9.76. The predicted octanol–water partition coefficient (Wildman–Crippen LogP) is 2.26. The van der Waals surface area contributed by atoms with E-state index in [0.29, 0.717) is 6.42 Å². The fourth-order valence-corrected chi connectivity index (χ4v) is 4.96. The van der Waals surface area contributed by atoms with Gasteiger partial charge in [0.05, 0.1) is 0 Å². The molecule has 41 heavy (non-hydrogen) atoms. The summed E-state index contributed by atoms with van der Waals surface area (Å²) in [4.78, 5) is 30.7. The number of alkyl halides is 3. The first-order chi connectivity index (χ1) is 18.6. The minimum atomic E-state index is -1.60. The summed E-state index contributed by atoms with van der Waals surface area (Å²) in [5.41, 5.74) is 23.4. The molecule has 13 N–H and O–H groups in total. The van der Waals surface area contributed by atoms with Crippen LogP contribution in [0.4, 0.5) is 13.2 Å². The topological polar surface area (TPSA) is 242 Å². The van der Waals surface area contributed by atoms with E-state index in [2.05, 4.69) is 13.8 Å². The first-order valence-corrected chi connectivity index (χ1v) is 14.1. The fourth-order valence-electron chi connectivity index (χ4n) is 4.96. The highest BCUT2D eigenvalue weighted by Crippen LogP contribution is 2.33. The molecule has 11 nitrogen and oxygen atoms in total. The first kappa shape index (κ1) is 37.0. The minimum Gasteiger partial charge on any atom is -0.480 e. The van der Waals surface area contributed by atoms with E-state index in [-0.39, 0.29) is 49.6 Å². The molecule has 0 aromatic rings. The largest absolute Gasteiger partial charge is 0.480 e. The molecule has 0 saturated heterocycles. The van der Waals surface area contributed by atoms with Crippen molar-refractivity contribution in [2.75, 3.05) is 0 Å². The number of rotatable bonds is 3. The van der Waals surface area contributed by atoms with Crippen molar-refractivity contribution in [2.45, 2.75) is 150 Å². The third-order valence-electron chi connectivity index (χ3n) is 8.44. The van der Waals surface area contributed by atoms with Crippen LogP contribution < -0.4 is 28.7 Å². The van der Waals surface area contributed by atoms with Crippen molar-refractivity contribution in [3.8, 4) is 0 Å². The van der Waals surface area contributed by atoms with Gasteiger partial charge in [-0.3, -0.25) is 14.4 Å². The van der Waals surface area contributed by atoms with Gasteiger partial charge in [-0.1, -0.05) is 12.8 Å². The Balaban J connectivity index is 0.000000259. The summed E-state index contributed by atoms with van der Waals surface area (Å²) in [6, 6.07) is 0. The molecule has 2 unspecified atom stereocenters. The lowest BCUT2D eigenvalue weighted by molar-refractivity contribution is -0.150. The van der Waals surface area contributed by atoms with Gasteiger partial charge in [-0.05, 0) is 65.2 Å². The van der Waals surface area contributed by atoms with E-state index in [9.17, 15) is 27.6 Å². The van der Waals surface area contributed by atoms with E-state index in [0.717, 1.165) is 0 Å². The highest BCUT2D eigenvalue weighted by molar-refractivity contribution is 5.80. The van der Waals surface area contributed by atoms with Crippen LogP contribution in [0.1, 0.15) is 104 Å². The molecule has 0 amide bonds. The van der Waals surface area contributed by atoms with Crippen molar-refractivity contribution in [3.05, 3.63) is 0 Å². The zero-order valence-electron chi connectivity index (χ0n) is 24.2. The Hall–Kier alpha value is -2.00. The monoisotopic (exact) mass is 594 g/mol. The van der Waals surface area contributed by atoms with Crippen molar-refractivity contribution in [3.63, 3.8) is 0 Å². The standard InChI is InChI=1S/C6H10FNO2.C6H13N.2C5H8FNO2.C5H11N/c7-4-2-1-3-6(4,8)5(9)10;1-6(7)4-2-3-5-6;2*6-3-1-5(7,2-3)4(8)9;1-5(6)3-2-4-5/h4H,1-3,8H2,(H,9,10);2-5,7H2,1H3;2*3H,1-2,7H2,(H,8,9);2-4,6H2,1H3/i7-1;;2*6-1;. The maximum atomic E-state index is 12.7. The molecule has 2 atom stereocenters. The van der Waals surface area contributed by atoms with Gasteiger partial charge in [0.25, 0.3) is 0 Å². The summed E-state index contributed by atoms with van der Waals surface area (Å²) in [5.74, 6) is -3.43. The van der Waals surface area contributed by atoms with Gasteiger partial charge in [-0.15, -0.1) is 0 Å². The Bertz CT molecular complexity index is 849. The van der Waals surface area contributed by atoms with Gasteiger partial charge in [-0.25, -0.2) is 13.2 Å². The van der Waals surface area contributed by atoms with E-state index in [1.807, 2.05) is 0 Å². The molecule has 0 radical (unpaired) electrons. The maximum absolute atomic E-state index is 12.7. The predicted molar refractivity (Wildman–Crippen MR) is 148 cm³/mol. The van der Waals surface area contributed by atoms with Crippen LogP contribution in [0, 0.1) is 0 Å². The Morgan fingerprint density at radius 3 is 1.02 bits per heavy atom.